The number of aromatic nitrogens is 2. The highest BCUT2D eigenvalue weighted by atomic mass is 16.5. The fraction of sp³-hybridized carbons (Fsp3) is 0.182. The molecule has 0 bridgehead atoms. The molecule has 0 atom stereocenters. The molecule has 4 aromatic rings. The topological polar surface area (TPSA) is 46.0 Å². The minimum absolute atomic E-state index is 0.293. The normalized spacial score (nSPS) is 11.2. The summed E-state index contributed by atoms with van der Waals surface area (Å²) in [5.74, 6) is -0.293. The van der Waals surface area contributed by atoms with Gasteiger partial charge >= 0.3 is 5.97 Å². The molecule has 4 rings (SSSR count). The number of nitrogens with zero attached hydrogens (tertiary/aromatic N) is 1. The fourth-order valence-corrected chi connectivity index (χ4v) is 3.47. The monoisotopic (exact) mass is 345 g/mol. The summed E-state index contributed by atoms with van der Waals surface area (Å²) in [6.45, 7) is 4.85. The van der Waals surface area contributed by atoms with E-state index in [0.29, 0.717) is 18.8 Å². The van der Waals surface area contributed by atoms with Crippen LogP contribution in [0.15, 0.2) is 60.7 Å². The Balaban J connectivity index is 1.97. The minimum atomic E-state index is -0.293. The van der Waals surface area contributed by atoms with E-state index >= 15 is 0 Å². The molecule has 0 amide bonds. The van der Waals surface area contributed by atoms with Crippen LogP contribution in [0.3, 0.4) is 0 Å². The van der Waals surface area contributed by atoms with Gasteiger partial charge in [0.2, 0.25) is 5.69 Å². The van der Waals surface area contributed by atoms with Crippen molar-refractivity contribution in [3.8, 4) is 0 Å². The van der Waals surface area contributed by atoms with Gasteiger partial charge in [0.25, 0.3) is 5.69 Å². The molecular weight excluding hydrogens is 324 g/mol. The van der Waals surface area contributed by atoms with Crippen LogP contribution in [0.4, 0.5) is 0 Å². The largest absolute Gasteiger partial charge is 0.458 e. The van der Waals surface area contributed by atoms with Crippen LogP contribution < -0.4 is 4.57 Å². The molecule has 1 N–H and O–H groups in total. The van der Waals surface area contributed by atoms with E-state index in [0.717, 1.165) is 33.1 Å². The number of carbonyl (C=O) groups excluding carboxylic acids is 1. The lowest BCUT2D eigenvalue weighted by molar-refractivity contribution is -0.695. The second kappa shape index (κ2) is 6.64. The molecule has 130 valence electrons. The fourth-order valence-electron chi connectivity index (χ4n) is 3.47. The van der Waals surface area contributed by atoms with Gasteiger partial charge in [0.15, 0.2) is 6.54 Å². The van der Waals surface area contributed by atoms with Crippen LogP contribution in [-0.2, 0) is 11.3 Å². The number of carbonyl (C=O) groups is 1. The Morgan fingerprint density at radius 1 is 1.04 bits per heavy atom. The first-order valence-corrected chi connectivity index (χ1v) is 8.84. The molecule has 4 heteroatoms. The molecule has 26 heavy (non-hydrogen) atoms. The Kier molecular flexibility index (Phi) is 4.17. The molecule has 2 aromatic carbocycles. The summed E-state index contributed by atoms with van der Waals surface area (Å²) in [7, 11) is 0. The van der Waals surface area contributed by atoms with E-state index in [1.807, 2.05) is 54.8 Å². The van der Waals surface area contributed by atoms with Gasteiger partial charge in [-0.1, -0.05) is 48.5 Å². The molecule has 0 saturated carbocycles. The van der Waals surface area contributed by atoms with Gasteiger partial charge in [-0.25, -0.2) is 4.79 Å². The highest BCUT2D eigenvalue weighted by Gasteiger charge is 2.27. The summed E-state index contributed by atoms with van der Waals surface area (Å²) >= 11 is 0. The van der Waals surface area contributed by atoms with E-state index in [9.17, 15) is 4.79 Å². The second-order valence-electron chi connectivity index (χ2n) is 6.37. The SMILES string of the molecule is CCOC(=O)c1cc2c([nH]c3ccccc32)c(C)[n+]1Cc1ccccc1. The zero-order chi connectivity index (χ0) is 18.1. The number of para-hydroxylation sites is 1. The molecule has 0 fully saturated rings. The third-order valence-electron chi connectivity index (χ3n) is 4.75. The van der Waals surface area contributed by atoms with E-state index in [-0.39, 0.29) is 5.97 Å². The van der Waals surface area contributed by atoms with E-state index in [1.165, 1.54) is 0 Å². The number of benzene rings is 2. The maximum Gasteiger partial charge on any atom is 0.403 e. The average molecular weight is 345 g/mol. The number of hydrogen-bond donors (Lipinski definition) is 1. The lowest BCUT2D eigenvalue weighted by Crippen LogP contribution is -2.44. The van der Waals surface area contributed by atoms with Crippen LogP contribution in [0.5, 0.6) is 0 Å². The first-order chi connectivity index (χ1) is 12.7. The van der Waals surface area contributed by atoms with Crippen molar-refractivity contribution < 1.29 is 14.1 Å². The number of esters is 1. The summed E-state index contributed by atoms with van der Waals surface area (Å²) in [5, 5.41) is 2.16. The Morgan fingerprint density at radius 2 is 1.77 bits per heavy atom. The minimum Gasteiger partial charge on any atom is -0.458 e. The number of ether oxygens (including phenoxy) is 1. The van der Waals surface area contributed by atoms with E-state index in [4.69, 9.17) is 4.74 Å². The highest BCUT2D eigenvalue weighted by molar-refractivity contribution is 6.08. The Hall–Kier alpha value is -3.14. The number of H-pyrrole nitrogens is 1. The summed E-state index contributed by atoms with van der Waals surface area (Å²) in [5.41, 5.74) is 4.85. The number of fused-ring (bicyclic) bond motifs is 3. The summed E-state index contributed by atoms with van der Waals surface area (Å²) in [4.78, 5) is 16.2. The van der Waals surface area contributed by atoms with Gasteiger partial charge in [-0.3, -0.25) is 0 Å². The molecular formula is C22H21N2O2+. The van der Waals surface area contributed by atoms with Crippen molar-refractivity contribution in [2.24, 2.45) is 0 Å². The summed E-state index contributed by atoms with van der Waals surface area (Å²) < 4.78 is 7.36. The zero-order valence-electron chi connectivity index (χ0n) is 15.0. The number of rotatable bonds is 4. The van der Waals surface area contributed by atoms with Gasteiger partial charge in [0.05, 0.1) is 6.61 Å². The highest BCUT2D eigenvalue weighted by Crippen LogP contribution is 2.27. The van der Waals surface area contributed by atoms with Gasteiger partial charge < -0.3 is 9.72 Å². The molecule has 0 radical (unpaired) electrons. The molecule has 2 heterocycles. The van der Waals surface area contributed by atoms with Crippen LogP contribution >= 0.6 is 0 Å². The van der Waals surface area contributed by atoms with Crippen molar-refractivity contribution >= 4 is 27.8 Å². The van der Waals surface area contributed by atoms with Crippen molar-refractivity contribution in [2.45, 2.75) is 20.4 Å². The Morgan fingerprint density at radius 3 is 2.54 bits per heavy atom. The van der Waals surface area contributed by atoms with Crippen LogP contribution in [0.2, 0.25) is 0 Å². The van der Waals surface area contributed by atoms with Gasteiger partial charge in [0, 0.05) is 34.8 Å². The van der Waals surface area contributed by atoms with Crippen molar-refractivity contribution in [3.63, 3.8) is 0 Å². The maximum absolute atomic E-state index is 12.7. The second-order valence-corrected chi connectivity index (χ2v) is 6.37. The number of nitrogens with one attached hydrogen (secondary N) is 1. The molecule has 4 nitrogen and oxygen atoms in total. The van der Waals surface area contributed by atoms with Crippen molar-refractivity contribution in [3.05, 3.63) is 77.6 Å². The van der Waals surface area contributed by atoms with Crippen molar-refractivity contribution in [1.29, 1.82) is 0 Å². The Labute approximate surface area is 152 Å². The van der Waals surface area contributed by atoms with Gasteiger partial charge in [-0.15, -0.1) is 0 Å². The predicted molar refractivity (Wildman–Crippen MR) is 102 cm³/mol. The van der Waals surface area contributed by atoms with Crippen LogP contribution in [0.1, 0.15) is 28.7 Å². The first kappa shape index (κ1) is 16.3. The molecule has 0 saturated heterocycles. The smallest absolute Gasteiger partial charge is 0.403 e. The molecule has 0 spiro atoms. The molecule has 0 aliphatic carbocycles. The predicted octanol–water partition coefficient (Wildman–Crippen LogP) is 4.14. The molecule has 0 aliphatic rings. The standard InChI is InChI=1S/C22H20N2O2/c1-3-26-22(25)20-13-18-17-11-7-8-12-19(17)23-21(18)15(2)24(20)14-16-9-5-4-6-10-16/h4-13H,3,14H2,1-2H3/p+1. The lowest BCUT2D eigenvalue weighted by Gasteiger charge is -2.08. The van der Waals surface area contributed by atoms with Crippen LogP contribution in [0.25, 0.3) is 21.8 Å². The van der Waals surface area contributed by atoms with E-state index in [2.05, 4.69) is 29.2 Å². The van der Waals surface area contributed by atoms with Gasteiger partial charge in [-0.2, -0.15) is 4.57 Å². The van der Waals surface area contributed by atoms with Crippen molar-refractivity contribution in [1.82, 2.24) is 4.98 Å². The average Bonchev–Trinajstić information content (AvgIpc) is 3.04. The maximum atomic E-state index is 12.7. The van der Waals surface area contributed by atoms with E-state index < -0.39 is 0 Å². The molecule has 2 aromatic heterocycles. The Bertz CT molecular complexity index is 1100. The summed E-state index contributed by atoms with van der Waals surface area (Å²) in [6, 6.07) is 20.2. The number of aromatic amines is 1. The molecule has 0 aliphatic heterocycles. The summed E-state index contributed by atoms with van der Waals surface area (Å²) in [6.07, 6.45) is 0. The van der Waals surface area contributed by atoms with Crippen molar-refractivity contribution in [2.75, 3.05) is 6.61 Å². The van der Waals surface area contributed by atoms with E-state index in [1.54, 1.807) is 0 Å². The quantitative estimate of drug-likeness (QED) is 0.446. The van der Waals surface area contributed by atoms with Crippen LogP contribution in [-0.4, -0.2) is 17.6 Å². The number of pyridine rings is 1. The first-order valence-electron chi connectivity index (χ1n) is 8.84. The zero-order valence-corrected chi connectivity index (χ0v) is 15.0. The number of hydrogen-bond acceptors (Lipinski definition) is 2. The van der Waals surface area contributed by atoms with Gasteiger partial charge in [0.1, 0.15) is 5.52 Å². The molecule has 0 unspecified atom stereocenters. The third kappa shape index (κ3) is 2.73. The lowest BCUT2D eigenvalue weighted by atomic mass is 10.1. The number of aryl methyl sites for hydroxylation is 1. The van der Waals surface area contributed by atoms with Crippen LogP contribution in [0, 0.1) is 6.92 Å². The van der Waals surface area contributed by atoms with Gasteiger partial charge in [-0.05, 0) is 13.0 Å². The third-order valence-corrected chi connectivity index (χ3v) is 4.75.